The maximum atomic E-state index is 5.48. The summed E-state index contributed by atoms with van der Waals surface area (Å²) in [6, 6.07) is 0. The highest BCUT2D eigenvalue weighted by Crippen LogP contribution is 2.09. The Morgan fingerprint density at radius 3 is 2.68 bits per heavy atom. The van der Waals surface area contributed by atoms with Crippen LogP contribution in [0.4, 0.5) is 0 Å². The van der Waals surface area contributed by atoms with E-state index in [1.54, 1.807) is 13.2 Å². The smallest absolute Gasteiger partial charge is 0.146 e. The average Bonchev–Trinajstić information content (AvgIpc) is 3.23. The Hall–Kier alpha value is -0.500. The van der Waals surface area contributed by atoms with Crippen molar-refractivity contribution < 1.29 is 28.4 Å². The summed E-state index contributed by atoms with van der Waals surface area (Å²) >= 11 is 0. The summed E-state index contributed by atoms with van der Waals surface area (Å²) < 4.78 is 31.5. The van der Waals surface area contributed by atoms with Gasteiger partial charge in [-0.2, -0.15) is 0 Å². The number of epoxide rings is 1. The third kappa shape index (κ3) is 10.0. The van der Waals surface area contributed by atoms with Crippen LogP contribution in [0.15, 0.2) is 12.7 Å². The van der Waals surface area contributed by atoms with E-state index in [1.807, 2.05) is 0 Å². The summed E-state index contributed by atoms with van der Waals surface area (Å²) in [5.41, 5.74) is 0. The van der Waals surface area contributed by atoms with E-state index in [2.05, 4.69) is 6.58 Å². The lowest BCUT2D eigenvalue weighted by Gasteiger charge is -2.17. The molecule has 1 fully saturated rings. The van der Waals surface area contributed by atoms with Crippen molar-refractivity contribution in [1.82, 2.24) is 0 Å². The van der Waals surface area contributed by atoms with Gasteiger partial charge in [0, 0.05) is 7.11 Å². The molecule has 0 aliphatic carbocycles. The Bertz CT molecular complexity index is 219. The quantitative estimate of drug-likeness (QED) is 0.200. The second kappa shape index (κ2) is 11.3. The lowest BCUT2D eigenvalue weighted by molar-refractivity contribution is -0.123. The van der Waals surface area contributed by atoms with Crippen molar-refractivity contribution in [2.75, 3.05) is 60.2 Å². The molecule has 6 heteroatoms. The molecule has 1 rings (SSSR count). The van der Waals surface area contributed by atoms with Crippen LogP contribution in [0.5, 0.6) is 0 Å². The summed E-state index contributed by atoms with van der Waals surface area (Å²) in [4.78, 5) is 0. The fourth-order valence-electron chi connectivity index (χ4n) is 1.30. The summed E-state index contributed by atoms with van der Waals surface area (Å²) in [6.45, 7) is 7.71. The first kappa shape index (κ1) is 16.6. The van der Waals surface area contributed by atoms with Crippen molar-refractivity contribution in [2.24, 2.45) is 0 Å². The summed E-state index contributed by atoms with van der Waals surface area (Å²) in [5.74, 6) is 0. The SMILES string of the molecule is C=CCOCCOCC(COCC1CO1)OCOC. The highest BCUT2D eigenvalue weighted by molar-refractivity contribution is 4.68. The van der Waals surface area contributed by atoms with Gasteiger partial charge in [-0.05, 0) is 0 Å². The average molecular weight is 276 g/mol. The molecule has 1 heterocycles. The third-order valence-electron chi connectivity index (χ3n) is 2.34. The van der Waals surface area contributed by atoms with Crippen LogP contribution in [0, 0.1) is 0 Å². The number of rotatable bonds is 14. The van der Waals surface area contributed by atoms with Gasteiger partial charge in [0.1, 0.15) is 19.0 Å². The summed E-state index contributed by atoms with van der Waals surface area (Å²) in [6.07, 6.45) is 1.83. The molecule has 1 aliphatic heterocycles. The lowest BCUT2D eigenvalue weighted by Crippen LogP contribution is -2.28. The number of hydrogen-bond donors (Lipinski definition) is 0. The van der Waals surface area contributed by atoms with Gasteiger partial charge in [0.25, 0.3) is 0 Å². The van der Waals surface area contributed by atoms with Crippen LogP contribution < -0.4 is 0 Å². The molecular weight excluding hydrogens is 252 g/mol. The molecule has 112 valence electrons. The van der Waals surface area contributed by atoms with Gasteiger partial charge in [0.15, 0.2) is 0 Å². The Morgan fingerprint density at radius 1 is 1.26 bits per heavy atom. The predicted octanol–water partition coefficient (Wildman–Crippen LogP) is 0.610. The van der Waals surface area contributed by atoms with Gasteiger partial charge >= 0.3 is 0 Å². The molecule has 1 saturated heterocycles. The zero-order valence-corrected chi connectivity index (χ0v) is 11.5. The van der Waals surface area contributed by atoms with Crippen molar-refractivity contribution in [3.8, 4) is 0 Å². The molecule has 0 radical (unpaired) electrons. The normalized spacial score (nSPS) is 19.3. The predicted molar refractivity (Wildman–Crippen MR) is 69.1 cm³/mol. The van der Waals surface area contributed by atoms with E-state index < -0.39 is 0 Å². The Morgan fingerprint density at radius 2 is 2.00 bits per heavy atom. The van der Waals surface area contributed by atoms with E-state index in [-0.39, 0.29) is 19.0 Å². The zero-order valence-electron chi connectivity index (χ0n) is 11.5. The summed E-state index contributed by atoms with van der Waals surface area (Å²) in [5, 5.41) is 0. The first-order valence-corrected chi connectivity index (χ1v) is 6.43. The molecule has 0 bridgehead atoms. The van der Waals surface area contributed by atoms with Crippen LogP contribution in [-0.2, 0) is 28.4 Å². The molecule has 19 heavy (non-hydrogen) atoms. The Kier molecular flexibility index (Phi) is 9.88. The fraction of sp³-hybridized carbons (Fsp3) is 0.846. The Labute approximate surface area is 114 Å². The first-order valence-electron chi connectivity index (χ1n) is 6.43. The lowest BCUT2D eigenvalue weighted by atomic mass is 10.4. The molecule has 0 N–H and O–H groups in total. The molecule has 0 aromatic rings. The topological polar surface area (TPSA) is 58.7 Å². The van der Waals surface area contributed by atoms with Crippen LogP contribution >= 0.6 is 0 Å². The Balaban J connectivity index is 2.00. The van der Waals surface area contributed by atoms with Gasteiger partial charge in [-0.1, -0.05) is 6.08 Å². The molecule has 0 saturated carbocycles. The standard InChI is InChI=1S/C13H24O6/c1-3-4-15-5-6-16-7-12(19-11-14-2)8-17-9-13-10-18-13/h3,12-13H,1,4-11H2,2H3. The molecule has 0 amide bonds. The van der Waals surface area contributed by atoms with Crippen LogP contribution in [0.25, 0.3) is 0 Å². The maximum Gasteiger partial charge on any atom is 0.146 e. The van der Waals surface area contributed by atoms with Crippen LogP contribution in [0.1, 0.15) is 0 Å². The van der Waals surface area contributed by atoms with Crippen LogP contribution in [0.3, 0.4) is 0 Å². The number of ether oxygens (including phenoxy) is 6. The second-order valence-electron chi connectivity index (χ2n) is 4.13. The van der Waals surface area contributed by atoms with Crippen molar-refractivity contribution in [3.05, 3.63) is 12.7 Å². The van der Waals surface area contributed by atoms with E-state index in [0.29, 0.717) is 39.6 Å². The minimum Gasteiger partial charge on any atom is -0.376 e. The largest absolute Gasteiger partial charge is 0.376 e. The van der Waals surface area contributed by atoms with Crippen molar-refractivity contribution >= 4 is 0 Å². The molecule has 6 nitrogen and oxygen atoms in total. The van der Waals surface area contributed by atoms with Gasteiger partial charge in [0.05, 0.1) is 46.2 Å². The third-order valence-corrected chi connectivity index (χ3v) is 2.34. The van der Waals surface area contributed by atoms with Crippen molar-refractivity contribution in [3.63, 3.8) is 0 Å². The highest BCUT2D eigenvalue weighted by Gasteiger charge is 2.23. The zero-order chi connectivity index (χ0) is 13.8. The van der Waals surface area contributed by atoms with Gasteiger partial charge < -0.3 is 28.4 Å². The molecule has 2 atom stereocenters. The summed E-state index contributed by atoms with van der Waals surface area (Å²) in [7, 11) is 1.58. The molecule has 0 aromatic heterocycles. The first-order chi connectivity index (χ1) is 9.36. The highest BCUT2D eigenvalue weighted by atomic mass is 16.7. The van der Waals surface area contributed by atoms with E-state index >= 15 is 0 Å². The minimum absolute atomic E-state index is 0.141. The van der Waals surface area contributed by atoms with Gasteiger partial charge in [-0.15, -0.1) is 6.58 Å². The molecule has 0 aromatic carbocycles. The van der Waals surface area contributed by atoms with E-state index in [1.165, 1.54) is 0 Å². The molecule has 1 aliphatic rings. The van der Waals surface area contributed by atoms with E-state index in [0.717, 1.165) is 6.61 Å². The fourth-order valence-corrected chi connectivity index (χ4v) is 1.30. The van der Waals surface area contributed by atoms with Crippen LogP contribution in [-0.4, -0.2) is 72.4 Å². The maximum absolute atomic E-state index is 5.48. The number of hydrogen-bond acceptors (Lipinski definition) is 6. The van der Waals surface area contributed by atoms with Gasteiger partial charge in [0.2, 0.25) is 0 Å². The van der Waals surface area contributed by atoms with E-state index in [9.17, 15) is 0 Å². The number of methoxy groups -OCH3 is 1. The van der Waals surface area contributed by atoms with Gasteiger partial charge in [-0.25, -0.2) is 0 Å². The molecule has 0 spiro atoms. The van der Waals surface area contributed by atoms with Gasteiger partial charge in [-0.3, -0.25) is 0 Å². The van der Waals surface area contributed by atoms with E-state index in [4.69, 9.17) is 28.4 Å². The monoisotopic (exact) mass is 276 g/mol. The van der Waals surface area contributed by atoms with Crippen molar-refractivity contribution in [1.29, 1.82) is 0 Å². The molecular formula is C13H24O6. The minimum atomic E-state index is -0.141. The molecule has 2 unspecified atom stereocenters. The second-order valence-corrected chi connectivity index (χ2v) is 4.13. The van der Waals surface area contributed by atoms with Crippen LogP contribution in [0.2, 0.25) is 0 Å². The van der Waals surface area contributed by atoms with Crippen molar-refractivity contribution in [2.45, 2.75) is 12.2 Å².